The molecule has 0 radical (unpaired) electrons. The Balaban J connectivity index is 2.93. The first-order chi connectivity index (χ1) is 9.61. The SMILES string of the molecule is COC(OC)C(C)NS(=O)(=O)c1ccc(C(F)(F)F)cc1. The lowest BCUT2D eigenvalue weighted by atomic mass is 10.2. The summed E-state index contributed by atoms with van der Waals surface area (Å²) in [5.41, 5.74) is -0.916. The van der Waals surface area contributed by atoms with Gasteiger partial charge in [0.1, 0.15) is 0 Å². The number of ether oxygens (including phenoxy) is 2. The Labute approximate surface area is 121 Å². The molecule has 1 rings (SSSR count). The van der Waals surface area contributed by atoms with E-state index in [2.05, 4.69) is 4.72 Å². The number of sulfonamides is 1. The highest BCUT2D eigenvalue weighted by Crippen LogP contribution is 2.29. The molecule has 0 saturated carbocycles. The zero-order chi connectivity index (χ0) is 16.3. The molecule has 0 aliphatic heterocycles. The third kappa shape index (κ3) is 4.67. The van der Waals surface area contributed by atoms with Crippen LogP contribution in [0, 0.1) is 0 Å². The zero-order valence-corrected chi connectivity index (χ0v) is 12.5. The number of hydrogen-bond donors (Lipinski definition) is 1. The van der Waals surface area contributed by atoms with Crippen molar-refractivity contribution in [3.05, 3.63) is 29.8 Å². The second kappa shape index (κ2) is 6.73. The minimum Gasteiger partial charge on any atom is -0.354 e. The van der Waals surface area contributed by atoms with Crippen molar-refractivity contribution in [3.8, 4) is 0 Å². The summed E-state index contributed by atoms with van der Waals surface area (Å²) in [6, 6.07) is 2.50. The molecule has 1 N–H and O–H groups in total. The first-order valence-corrected chi connectivity index (χ1v) is 7.35. The fourth-order valence-corrected chi connectivity index (χ4v) is 2.93. The Morgan fingerprint density at radius 1 is 1.10 bits per heavy atom. The van der Waals surface area contributed by atoms with Crippen LogP contribution in [0.2, 0.25) is 0 Å². The number of benzene rings is 1. The smallest absolute Gasteiger partial charge is 0.354 e. The second-order valence-corrected chi connectivity index (χ2v) is 5.99. The maximum absolute atomic E-state index is 12.4. The molecular weight excluding hydrogens is 311 g/mol. The molecule has 0 aliphatic carbocycles. The first kappa shape index (κ1) is 17.9. The average molecular weight is 327 g/mol. The number of hydrogen-bond acceptors (Lipinski definition) is 4. The van der Waals surface area contributed by atoms with Crippen molar-refractivity contribution in [3.63, 3.8) is 0 Å². The van der Waals surface area contributed by atoms with Gasteiger partial charge in [0.2, 0.25) is 10.0 Å². The molecule has 0 aliphatic rings. The summed E-state index contributed by atoms with van der Waals surface area (Å²) in [5, 5.41) is 0. The van der Waals surface area contributed by atoms with Gasteiger partial charge in [0.15, 0.2) is 6.29 Å². The number of nitrogens with one attached hydrogen (secondary N) is 1. The lowest BCUT2D eigenvalue weighted by Crippen LogP contribution is -2.42. The highest BCUT2D eigenvalue weighted by atomic mass is 32.2. The van der Waals surface area contributed by atoms with Gasteiger partial charge < -0.3 is 9.47 Å². The molecule has 9 heteroatoms. The fourth-order valence-electron chi connectivity index (χ4n) is 1.70. The molecule has 1 aromatic carbocycles. The predicted molar refractivity (Wildman–Crippen MR) is 69.0 cm³/mol. The van der Waals surface area contributed by atoms with Gasteiger partial charge in [0, 0.05) is 14.2 Å². The van der Waals surface area contributed by atoms with E-state index in [-0.39, 0.29) is 4.90 Å². The molecule has 0 aromatic heterocycles. The molecule has 5 nitrogen and oxygen atoms in total. The predicted octanol–water partition coefficient (Wildman–Crippen LogP) is 1.99. The monoisotopic (exact) mass is 327 g/mol. The normalized spacial score (nSPS) is 14.4. The van der Waals surface area contributed by atoms with Crippen LogP contribution in [0.15, 0.2) is 29.2 Å². The highest BCUT2D eigenvalue weighted by Gasteiger charge is 2.31. The van der Waals surface area contributed by atoms with Gasteiger partial charge in [-0.1, -0.05) is 0 Å². The van der Waals surface area contributed by atoms with E-state index in [0.717, 1.165) is 12.1 Å². The van der Waals surface area contributed by atoms with Crippen molar-refractivity contribution < 1.29 is 31.1 Å². The maximum Gasteiger partial charge on any atom is 0.416 e. The standard InChI is InChI=1S/C12H16F3NO4S/c1-8(11(19-2)20-3)16-21(17,18)10-6-4-9(5-7-10)12(13,14)15/h4-8,11,16H,1-3H3. The topological polar surface area (TPSA) is 64.6 Å². The number of alkyl halides is 3. The van der Waals surface area contributed by atoms with Crippen LogP contribution in [-0.4, -0.2) is 35.0 Å². The summed E-state index contributed by atoms with van der Waals surface area (Å²) in [4.78, 5) is -0.270. The molecule has 1 unspecified atom stereocenters. The van der Waals surface area contributed by atoms with Crippen LogP contribution in [0.25, 0.3) is 0 Å². The van der Waals surface area contributed by atoms with Gasteiger partial charge in [-0.2, -0.15) is 13.2 Å². The van der Waals surface area contributed by atoms with Gasteiger partial charge in [-0.05, 0) is 31.2 Å². The van der Waals surface area contributed by atoms with Crippen LogP contribution in [-0.2, 0) is 25.7 Å². The summed E-state index contributed by atoms with van der Waals surface area (Å²) >= 11 is 0. The zero-order valence-electron chi connectivity index (χ0n) is 11.6. The van der Waals surface area contributed by atoms with Crippen LogP contribution < -0.4 is 4.72 Å². The Kier molecular flexibility index (Phi) is 5.74. The number of rotatable bonds is 6. The molecule has 1 atom stereocenters. The molecule has 0 fully saturated rings. The summed E-state index contributed by atoms with van der Waals surface area (Å²) in [7, 11) is -1.28. The van der Waals surface area contributed by atoms with Gasteiger partial charge in [0.25, 0.3) is 0 Å². The van der Waals surface area contributed by atoms with E-state index in [1.54, 1.807) is 0 Å². The Morgan fingerprint density at radius 3 is 1.95 bits per heavy atom. The van der Waals surface area contributed by atoms with E-state index in [0.29, 0.717) is 12.1 Å². The number of halogens is 3. The summed E-state index contributed by atoms with van der Waals surface area (Å²) in [5.74, 6) is 0. The lowest BCUT2D eigenvalue weighted by Gasteiger charge is -2.22. The van der Waals surface area contributed by atoms with Crippen LogP contribution in [0.5, 0.6) is 0 Å². The first-order valence-electron chi connectivity index (χ1n) is 5.87. The van der Waals surface area contributed by atoms with Gasteiger partial charge >= 0.3 is 6.18 Å². The summed E-state index contributed by atoms with van der Waals surface area (Å²) in [6.07, 6.45) is -5.32. The largest absolute Gasteiger partial charge is 0.416 e. The fraction of sp³-hybridized carbons (Fsp3) is 0.500. The van der Waals surface area contributed by atoms with E-state index in [1.807, 2.05) is 0 Å². The quantitative estimate of drug-likeness (QED) is 0.812. The van der Waals surface area contributed by atoms with Gasteiger partial charge in [0.05, 0.1) is 16.5 Å². The Hall–Kier alpha value is -1.16. The van der Waals surface area contributed by atoms with E-state index in [1.165, 1.54) is 21.1 Å². The van der Waals surface area contributed by atoms with E-state index in [4.69, 9.17) is 9.47 Å². The molecular formula is C12H16F3NO4S. The van der Waals surface area contributed by atoms with E-state index in [9.17, 15) is 21.6 Å². The Morgan fingerprint density at radius 2 is 1.57 bits per heavy atom. The Bertz CT molecular complexity index is 553. The third-order valence-corrected chi connectivity index (χ3v) is 4.28. The van der Waals surface area contributed by atoms with Crippen molar-refractivity contribution in [2.45, 2.75) is 30.3 Å². The molecule has 0 bridgehead atoms. The third-order valence-electron chi connectivity index (χ3n) is 2.71. The van der Waals surface area contributed by atoms with Crippen molar-refractivity contribution in [2.75, 3.05) is 14.2 Å². The van der Waals surface area contributed by atoms with E-state index < -0.39 is 34.1 Å². The van der Waals surface area contributed by atoms with Gasteiger partial charge in [-0.15, -0.1) is 0 Å². The molecule has 1 aromatic rings. The minimum absolute atomic E-state index is 0.270. The highest BCUT2D eigenvalue weighted by molar-refractivity contribution is 7.89. The van der Waals surface area contributed by atoms with Crippen molar-refractivity contribution in [1.82, 2.24) is 4.72 Å². The van der Waals surface area contributed by atoms with Crippen molar-refractivity contribution in [1.29, 1.82) is 0 Å². The lowest BCUT2D eigenvalue weighted by molar-refractivity contribution is -0.137. The summed E-state index contributed by atoms with van der Waals surface area (Å²) in [6.45, 7) is 1.51. The molecule has 21 heavy (non-hydrogen) atoms. The van der Waals surface area contributed by atoms with Gasteiger partial charge in [-0.3, -0.25) is 0 Å². The number of methoxy groups -OCH3 is 2. The maximum atomic E-state index is 12.4. The van der Waals surface area contributed by atoms with Crippen molar-refractivity contribution >= 4 is 10.0 Å². The van der Waals surface area contributed by atoms with Crippen LogP contribution in [0.4, 0.5) is 13.2 Å². The average Bonchev–Trinajstić information content (AvgIpc) is 2.38. The summed E-state index contributed by atoms with van der Waals surface area (Å²) < 4.78 is 73.4. The minimum atomic E-state index is -4.51. The van der Waals surface area contributed by atoms with Crippen LogP contribution >= 0.6 is 0 Å². The molecule has 0 spiro atoms. The van der Waals surface area contributed by atoms with Crippen LogP contribution in [0.3, 0.4) is 0 Å². The van der Waals surface area contributed by atoms with Crippen molar-refractivity contribution in [2.24, 2.45) is 0 Å². The molecule has 0 heterocycles. The second-order valence-electron chi connectivity index (χ2n) is 4.27. The molecule has 120 valence electrons. The van der Waals surface area contributed by atoms with Crippen LogP contribution in [0.1, 0.15) is 12.5 Å². The van der Waals surface area contributed by atoms with Gasteiger partial charge in [-0.25, -0.2) is 13.1 Å². The molecule has 0 amide bonds. The molecule has 0 saturated heterocycles. The van der Waals surface area contributed by atoms with E-state index >= 15 is 0 Å².